The Morgan fingerprint density at radius 1 is 1.03 bits per heavy atom. The minimum atomic E-state index is -4.44. The Bertz CT molecular complexity index is 1270. The van der Waals surface area contributed by atoms with E-state index in [1.54, 1.807) is 24.3 Å². The molecule has 7 nitrogen and oxygen atoms in total. The van der Waals surface area contributed by atoms with Gasteiger partial charge in [-0.1, -0.05) is 24.3 Å². The molecule has 0 atom stereocenters. The van der Waals surface area contributed by atoms with Crippen LogP contribution < -0.4 is 16.4 Å². The van der Waals surface area contributed by atoms with Gasteiger partial charge >= 0.3 is 6.18 Å². The number of aromatic nitrogens is 1. The van der Waals surface area contributed by atoms with Crippen molar-refractivity contribution in [2.45, 2.75) is 19.6 Å². The largest absolute Gasteiger partial charge is 0.416 e. The molecule has 0 saturated heterocycles. The van der Waals surface area contributed by atoms with Crippen molar-refractivity contribution in [2.24, 2.45) is 0 Å². The number of nitrogens with two attached hydrogens (primary N) is 1. The average molecular weight is 450 g/mol. The fraction of sp³-hybridized carbons (Fsp3) is 0.130. The van der Waals surface area contributed by atoms with Crippen LogP contribution in [0.25, 0.3) is 11.1 Å². The maximum Gasteiger partial charge on any atom is 0.416 e. The van der Waals surface area contributed by atoms with E-state index in [1.807, 2.05) is 12.1 Å². The summed E-state index contributed by atoms with van der Waals surface area (Å²) in [6, 6.07) is 15.0. The van der Waals surface area contributed by atoms with Gasteiger partial charge in [0.2, 0.25) is 5.91 Å². The van der Waals surface area contributed by atoms with E-state index < -0.39 is 11.7 Å². The smallest absolute Gasteiger partial charge is 0.383 e. The zero-order chi connectivity index (χ0) is 24.2. The highest BCUT2D eigenvalue weighted by Crippen LogP contribution is 2.35. The molecule has 2 aromatic carbocycles. The Morgan fingerprint density at radius 3 is 2.15 bits per heavy atom. The van der Waals surface area contributed by atoms with Gasteiger partial charge in [-0.15, -0.1) is 0 Å². The molecule has 33 heavy (non-hydrogen) atoms. The molecule has 1 aromatic heterocycles. The summed E-state index contributed by atoms with van der Waals surface area (Å²) in [5, 5.41) is 24.9. The number of nitrogens with one attached hydrogen (secondary N) is 2. The van der Waals surface area contributed by atoms with Gasteiger partial charge in [-0.25, -0.2) is 4.98 Å². The Balaban J connectivity index is 1.97. The second kappa shape index (κ2) is 9.28. The van der Waals surface area contributed by atoms with Gasteiger partial charge in [0, 0.05) is 24.7 Å². The lowest BCUT2D eigenvalue weighted by atomic mass is 9.95. The van der Waals surface area contributed by atoms with Crippen LogP contribution in [0.1, 0.15) is 29.2 Å². The van der Waals surface area contributed by atoms with Crippen molar-refractivity contribution >= 4 is 23.2 Å². The van der Waals surface area contributed by atoms with Crippen LogP contribution in [0.15, 0.2) is 48.5 Å². The number of amides is 1. The van der Waals surface area contributed by atoms with Crippen molar-refractivity contribution in [3.05, 3.63) is 70.8 Å². The lowest BCUT2D eigenvalue weighted by Gasteiger charge is -2.15. The van der Waals surface area contributed by atoms with Crippen LogP contribution in [0.3, 0.4) is 0 Å². The molecule has 0 saturated carbocycles. The fourth-order valence-corrected chi connectivity index (χ4v) is 3.16. The molecule has 10 heteroatoms. The molecule has 1 heterocycles. The number of hydrogen-bond acceptors (Lipinski definition) is 6. The van der Waals surface area contributed by atoms with E-state index in [-0.39, 0.29) is 40.8 Å². The number of nitriles is 2. The summed E-state index contributed by atoms with van der Waals surface area (Å²) < 4.78 is 38.3. The highest BCUT2D eigenvalue weighted by atomic mass is 19.4. The number of rotatable bonds is 5. The molecule has 4 N–H and O–H groups in total. The van der Waals surface area contributed by atoms with E-state index in [9.17, 15) is 28.5 Å². The van der Waals surface area contributed by atoms with Crippen molar-refractivity contribution in [1.29, 1.82) is 10.5 Å². The molecule has 0 aliphatic rings. The minimum absolute atomic E-state index is 0.0129. The van der Waals surface area contributed by atoms with Crippen molar-refractivity contribution in [1.82, 2.24) is 4.98 Å². The standard InChI is InChI=1S/C23H17F3N6O/c1-13(33)31-17-8-4-15(5-9-17)20-18(10-27)21(29)32-22(19(20)11-28)30-12-14-2-6-16(7-3-14)23(24,25)26/h2-9H,12H2,1H3,(H,31,33)(H3,29,30,32). The number of anilines is 3. The number of nitrogens with zero attached hydrogens (tertiary/aromatic N) is 3. The second-order valence-electron chi connectivity index (χ2n) is 7.00. The summed E-state index contributed by atoms with van der Waals surface area (Å²) in [6.45, 7) is 1.44. The third-order valence-corrected chi connectivity index (χ3v) is 4.68. The van der Waals surface area contributed by atoms with Gasteiger partial charge in [0.25, 0.3) is 0 Å². The molecule has 0 aliphatic heterocycles. The lowest BCUT2D eigenvalue weighted by Crippen LogP contribution is -2.10. The molecule has 0 unspecified atom stereocenters. The van der Waals surface area contributed by atoms with Crippen LogP contribution in [0, 0.1) is 22.7 Å². The zero-order valence-electron chi connectivity index (χ0n) is 17.3. The fourth-order valence-electron chi connectivity index (χ4n) is 3.16. The van der Waals surface area contributed by atoms with E-state index in [4.69, 9.17) is 5.73 Å². The van der Waals surface area contributed by atoms with E-state index in [1.165, 1.54) is 19.1 Å². The summed E-state index contributed by atoms with van der Waals surface area (Å²) in [5.74, 6) is -0.261. The Hall–Kier alpha value is -4.57. The van der Waals surface area contributed by atoms with Crippen LogP contribution in [0.4, 0.5) is 30.5 Å². The monoisotopic (exact) mass is 450 g/mol. The van der Waals surface area contributed by atoms with Gasteiger partial charge in [0.05, 0.1) is 5.56 Å². The van der Waals surface area contributed by atoms with Crippen LogP contribution in [-0.2, 0) is 17.5 Å². The Labute approximate surface area is 187 Å². The van der Waals surface area contributed by atoms with Gasteiger partial charge in [-0.05, 0) is 35.4 Å². The number of carbonyl (C=O) groups excluding carboxylic acids is 1. The highest BCUT2D eigenvalue weighted by molar-refractivity contribution is 5.90. The first-order valence-corrected chi connectivity index (χ1v) is 9.55. The molecule has 3 aromatic rings. The topological polar surface area (TPSA) is 128 Å². The van der Waals surface area contributed by atoms with Crippen molar-refractivity contribution in [3.63, 3.8) is 0 Å². The average Bonchev–Trinajstić information content (AvgIpc) is 2.77. The molecule has 166 valence electrons. The maximum absolute atomic E-state index is 12.8. The maximum atomic E-state index is 12.8. The molecule has 1 amide bonds. The third kappa shape index (κ3) is 5.20. The molecule has 3 rings (SSSR count). The zero-order valence-corrected chi connectivity index (χ0v) is 17.3. The lowest BCUT2D eigenvalue weighted by molar-refractivity contribution is -0.137. The van der Waals surface area contributed by atoms with Crippen LogP contribution in [0.5, 0.6) is 0 Å². The van der Waals surface area contributed by atoms with Crippen molar-refractivity contribution < 1.29 is 18.0 Å². The minimum Gasteiger partial charge on any atom is -0.383 e. The van der Waals surface area contributed by atoms with E-state index in [0.29, 0.717) is 16.8 Å². The number of hydrogen-bond donors (Lipinski definition) is 3. The Kier molecular flexibility index (Phi) is 6.50. The molecule has 0 aliphatic carbocycles. The predicted octanol–water partition coefficient (Wildman–Crippen LogP) is 4.66. The first-order valence-electron chi connectivity index (χ1n) is 9.55. The van der Waals surface area contributed by atoms with Gasteiger partial charge in [0.15, 0.2) is 0 Å². The first kappa shape index (κ1) is 23.1. The molecule has 0 radical (unpaired) electrons. The first-order chi connectivity index (χ1) is 15.6. The molecular weight excluding hydrogens is 433 g/mol. The molecule has 0 fully saturated rings. The van der Waals surface area contributed by atoms with Gasteiger partial charge < -0.3 is 16.4 Å². The summed E-state index contributed by atoms with van der Waals surface area (Å²) in [6.07, 6.45) is -4.44. The van der Waals surface area contributed by atoms with Crippen molar-refractivity contribution in [2.75, 3.05) is 16.4 Å². The van der Waals surface area contributed by atoms with Gasteiger partial charge in [-0.2, -0.15) is 23.7 Å². The number of nitrogen functional groups attached to an aromatic ring is 1. The summed E-state index contributed by atoms with van der Waals surface area (Å²) in [5.41, 5.74) is 7.08. The number of carbonyl (C=O) groups is 1. The molecule has 0 bridgehead atoms. The predicted molar refractivity (Wildman–Crippen MR) is 117 cm³/mol. The third-order valence-electron chi connectivity index (χ3n) is 4.68. The van der Waals surface area contributed by atoms with Crippen LogP contribution in [-0.4, -0.2) is 10.9 Å². The molecule has 0 spiro atoms. The quantitative estimate of drug-likeness (QED) is 0.519. The van der Waals surface area contributed by atoms with Crippen LogP contribution >= 0.6 is 0 Å². The number of alkyl halides is 3. The number of halogens is 3. The number of pyridine rings is 1. The van der Waals surface area contributed by atoms with E-state index in [0.717, 1.165) is 12.1 Å². The van der Waals surface area contributed by atoms with Gasteiger partial charge in [0.1, 0.15) is 34.9 Å². The number of benzene rings is 2. The van der Waals surface area contributed by atoms with Crippen molar-refractivity contribution in [3.8, 4) is 23.3 Å². The summed E-state index contributed by atoms with van der Waals surface area (Å²) >= 11 is 0. The summed E-state index contributed by atoms with van der Waals surface area (Å²) in [7, 11) is 0. The summed E-state index contributed by atoms with van der Waals surface area (Å²) in [4.78, 5) is 15.3. The Morgan fingerprint density at radius 2 is 1.64 bits per heavy atom. The van der Waals surface area contributed by atoms with E-state index >= 15 is 0 Å². The molecular formula is C23H17F3N6O. The SMILES string of the molecule is CC(=O)Nc1ccc(-c2c(C#N)c(N)nc(NCc3ccc(C(F)(F)F)cc3)c2C#N)cc1. The highest BCUT2D eigenvalue weighted by Gasteiger charge is 2.30. The van der Waals surface area contributed by atoms with Gasteiger partial charge in [-0.3, -0.25) is 4.79 Å². The second-order valence-corrected chi connectivity index (χ2v) is 7.00. The van der Waals surface area contributed by atoms with E-state index in [2.05, 4.69) is 15.6 Å². The normalized spacial score (nSPS) is 10.7. The van der Waals surface area contributed by atoms with Crippen LogP contribution in [0.2, 0.25) is 0 Å².